The molecule has 0 unspecified atom stereocenters. The van der Waals surface area contributed by atoms with Gasteiger partial charge in [0.25, 0.3) is 0 Å². The lowest BCUT2D eigenvalue weighted by molar-refractivity contribution is -0.302. The molecule has 0 aliphatic heterocycles. The number of hydrogen-bond acceptors (Lipinski definition) is 3. The zero-order chi connectivity index (χ0) is 6.62. The van der Waals surface area contributed by atoms with Gasteiger partial charge in [-0.2, -0.15) is 4.89 Å². The van der Waals surface area contributed by atoms with Gasteiger partial charge in [-0.25, -0.2) is 0 Å². The smallest absolute Gasteiger partial charge is 0.254 e. The van der Waals surface area contributed by atoms with Crippen LogP contribution in [0.25, 0.3) is 0 Å². The summed E-state index contributed by atoms with van der Waals surface area (Å²) in [6, 6.07) is 0. The third-order valence-corrected chi connectivity index (χ3v) is 0.329. The van der Waals surface area contributed by atoms with Crippen molar-refractivity contribution in [2.24, 2.45) is 0 Å². The monoisotopic (exact) mass is 115 g/mol. The van der Waals surface area contributed by atoms with E-state index >= 15 is 0 Å². The molecule has 0 saturated carbocycles. The van der Waals surface area contributed by atoms with Gasteiger partial charge in [0.15, 0.2) is 0 Å². The number of rotatable bonds is 1. The Kier molecular flexibility index (Phi) is 2.29. The number of hydrogen-bond donors (Lipinski definition) is 0. The van der Waals surface area contributed by atoms with Crippen LogP contribution in [0.5, 0.6) is 0 Å². The summed E-state index contributed by atoms with van der Waals surface area (Å²) in [5.74, 6) is 0. The van der Waals surface area contributed by atoms with Crippen LogP contribution in [0.4, 0.5) is 0 Å². The van der Waals surface area contributed by atoms with Crippen molar-refractivity contribution in [2.75, 3.05) is 0 Å². The lowest BCUT2D eigenvalue weighted by atomic mass is 10.2. The van der Waals surface area contributed by atoms with Crippen molar-refractivity contribution in [3.8, 4) is 6.26 Å². The van der Waals surface area contributed by atoms with Gasteiger partial charge in [-0.3, -0.25) is 4.89 Å². The van der Waals surface area contributed by atoms with Gasteiger partial charge in [0.2, 0.25) is 0 Å². The lowest BCUT2D eigenvalue weighted by Gasteiger charge is -2.12. The molecular weight excluding hydrogens is 106 g/mol. The van der Waals surface area contributed by atoms with Gasteiger partial charge in [-0.15, -0.1) is 5.26 Å². The van der Waals surface area contributed by atoms with Crippen LogP contribution in [-0.4, -0.2) is 5.60 Å². The van der Waals surface area contributed by atoms with Gasteiger partial charge >= 0.3 is 6.26 Å². The Hall–Kier alpha value is -0.750. The molecule has 46 valence electrons. The Morgan fingerprint density at radius 3 is 2.00 bits per heavy atom. The molecule has 0 amide bonds. The Morgan fingerprint density at radius 2 is 1.88 bits per heavy atom. The SMILES string of the molecule is CC(C)(C)OOC#N. The second-order valence-corrected chi connectivity index (χ2v) is 2.37. The minimum atomic E-state index is -0.393. The van der Waals surface area contributed by atoms with E-state index in [1.54, 1.807) is 20.8 Å². The zero-order valence-electron chi connectivity index (χ0n) is 5.26. The Bertz CT molecular complexity index is 98.0. The van der Waals surface area contributed by atoms with Crippen molar-refractivity contribution in [1.29, 1.82) is 5.26 Å². The van der Waals surface area contributed by atoms with Crippen LogP contribution in [0.2, 0.25) is 0 Å². The molecule has 0 aromatic heterocycles. The van der Waals surface area contributed by atoms with Crippen molar-refractivity contribution in [3.63, 3.8) is 0 Å². The Balaban J connectivity index is 3.28. The second-order valence-electron chi connectivity index (χ2n) is 2.37. The first kappa shape index (κ1) is 7.25. The molecule has 0 fully saturated rings. The topological polar surface area (TPSA) is 42.2 Å². The van der Waals surface area contributed by atoms with Gasteiger partial charge in [-0.1, -0.05) is 0 Å². The maximum Gasteiger partial charge on any atom is 0.324 e. The number of nitriles is 1. The van der Waals surface area contributed by atoms with E-state index in [-0.39, 0.29) is 0 Å². The van der Waals surface area contributed by atoms with Crippen molar-refractivity contribution in [3.05, 3.63) is 0 Å². The molecule has 3 heteroatoms. The summed E-state index contributed by atoms with van der Waals surface area (Å²) in [4.78, 5) is 8.52. The van der Waals surface area contributed by atoms with E-state index in [1.165, 1.54) is 6.26 Å². The van der Waals surface area contributed by atoms with Crippen LogP contribution in [0.15, 0.2) is 0 Å². The van der Waals surface area contributed by atoms with E-state index in [4.69, 9.17) is 5.26 Å². The zero-order valence-corrected chi connectivity index (χ0v) is 5.26. The van der Waals surface area contributed by atoms with Crippen molar-refractivity contribution < 1.29 is 9.78 Å². The van der Waals surface area contributed by atoms with E-state index in [9.17, 15) is 0 Å². The summed E-state index contributed by atoms with van der Waals surface area (Å²) in [5.41, 5.74) is -0.393. The predicted octanol–water partition coefficient (Wildman–Crippen LogP) is 1.21. The highest BCUT2D eigenvalue weighted by Gasteiger charge is 2.11. The minimum absolute atomic E-state index is 0.393. The fourth-order valence-electron chi connectivity index (χ4n) is 0.144. The quantitative estimate of drug-likeness (QED) is 0.293. The Labute approximate surface area is 48.7 Å². The molecular formula is C5H9NO2. The van der Waals surface area contributed by atoms with E-state index in [1.807, 2.05) is 0 Å². The number of nitrogens with zero attached hydrogens (tertiary/aromatic N) is 1. The first-order valence-corrected chi connectivity index (χ1v) is 2.30. The van der Waals surface area contributed by atoms with E-state index in [0.29, 0.717) is 0 Å². The largest absolute Gasteiger partial charge is 0.324 e. The average molecular weight is 115 g/mol. The maximum absolute atomic E-state index is 7.83. The average Bonchev–Trinajstić information content (AvgIpc) is 1.59. The molecule has 0 bridgehead atoms. The van der Waals surface area contributed by atoms with Gasteiger partial charge in [0.1, 0.15) is 5.60 Å². The molecule has 0 aromatic rings. The van der Waals surface area contributed by atoms with Crippen LogP contribution in [0, 0.1) is 11.5 Å². The van der Waals surface area contributed by atoms with Gasteiger partial charge < -0.3 is 0 Å². The van der Waals surface area contributed by atoms with Crippen LogP contribution in [0.3, 0.4) is 0 Å². The molecule has 0 radical (unpaired) electrons. The fraction of sp³-hybridized carbons (Fsp3) is 0.800. The Morgan fingerprint density at radius 1 is 1.38 bits per heavy atom. The highest BCUT2D eigenvalue weighted by molar-refractivity contribution is 4.55. The highest BCUT2D eigenvalue weighted by atomic mass is 17.2. The van der Waals surface area contributed by atoms with Gasteiger partial charge in [0.05, 0.1) is 0 Å². The summed E-state index contributed by atoms with van der Waals surface area (Å²) in [7, 11) is 0. The van der Waals surface area contributed by atoms with Crippen molar-refractivity contribution in [1.82, 2.24) is 0 Å². The molecule has 0 spiro atoms. The summed E-state index contributed by atoms with van der Waals surface area (Å²) < 4.78 is 0. The van der Waals surface area contributed by atoms with Crippen LogP contribution < -0.4 is 0 Å². The van der Waals surface area contributed by atoms with E-state index in [0.717, 1.165) is 0 Å². The van der Waals surface area contributed by atoms with E-state index < -0.39 is 5.60 Å². The molecule has 0 heterocycles. The molecule has 0 rings (SSSR count). The highest BCUT2D eigenvalue weighted by Crippen LogP contribution is 2.05. The van der Waals surface area contributed by atoms with Crippen LogP contribution in [-0.2, 0) is 9.78 Å². The third kappa shape index (κ3) is 5.25. The minimum Gasteiger partial charge on any atom is -0.254 e. The first-order chi connectivity index (χ1) is 3.56. The lowest BCUT2D eigenvalue weighted by Crippen LogP contribution is -2.17. The summed E-state index contributed by atoms with van der Waals surface area (Å²) >= 11 is 0. The normalized spacial score (nSPS) is 10.2. The molecule has 0 aromatic carbocycles. The second kappa shape index (κ2) is 2.53. The maximum atomic E-state index is 7.83. The predicted molar refractivity (Wildman–Crippen MR) is 27.5 cm³/mol. The molecule has 0 aliphatic carbocycles. The summed E-state index contributed by atoms with van der Waals surface area (Å²) in [6.07, 6.45) is 1.40. The summed E-state index contributed by atoms with van der Waals surface area (Å²) in [5, 5.41) is 7.83. The van der Waals surface area contributed by atoms with Gasteiger partial charge in [0, 0.05) is 0 Å². The molecule has 3 nitrogen and oxygen atoms in total. The molecule has 0 aliphatic rings. The molecule has 0 atom stereocenters. The summed E-state index contributed by atoms with van der Waals surface area (Å²) in [6.45, 7) is 5.39. The third-order valence-electron chi connectivity index (χ3n) is 0.329. The van der Waals surface area contributed by atoms with Crippen molar-refractivity contribution in [2.45, 2.75) is 26.4 Å². The fourth-order valence-corrected chi connectivity index (χ4v) is 0.144. The first-order valence-electron chi connectivity index (χ1n) is 2.30. The standard InChI is InChI=1S/C5H9NO2/c1-5(2,3)8-7-4-6/h1-3H3. The van der Waals surface area contributed by atoms with Crippen LogP contribution in [0.1, 0.15) is 20.8 Å². The molecule has 8 heavy (non-hydrogen) atoms. The van der Waals surface area contributed by atoms with Gasteiger partial charge in [-0.05, 0) is 20.8 Å². The van der Waals surface area contributed by atoms with Crippen molar-refractivity contribution >= 4 is 0 Å². The van der Waals surface area contributed by atoms with E-state index in [2.05, 4.69) is 9.78 Å². The molecule has 0 saturated heterocycles. The molecule has 0 N–H and O–H groups in total. The van der Waals surface area contributed by atoms with Crippen LogP contribution >= 0.6 is 0 Å².